The Hall–Kier alpha value is -2.86. The molecule has 0 saturated carbocycles. The van der Waals surface area contributed by atoms with Gasteiger partial charge in [-0.15, -0.1) is 0 Å². The first kappa shape index (κ1) is 16.6. The lowest BCUT2D eigenvalue weighted by Crippen LogP contribution is -2.36. The molecule has 2 aromatic heterocycles. The molecule has 0 unspecified atom stereocenters. The molecule has 3 heterocycles. The van der Waals surface area contributed by atoms with Crippen LogP contribution in [0.4, 0.5) is 0 Å². The smallest absolute Gasteiger partial charge is 0.255 e. The minimum atomic E-state index is -0.0156. The van der Waals surface area contributed by atoms with Crippen LogP contribution in [0.25, 0.3) is 10.9 Å². The molecule has 132 valence electrons. The van der Waals surface area contributed by atoms with E-state index in [1.807, 2.05) is 17.0 Å². The Balaban J connectivity index is 1.49. The fourth-order valence-electron chi connectivity index (χ4n) is 3.37. The zero-order chi connectivity index (χ0) is 17.8. The van der Waals surface area contributed by atoms with Crippen molar-refractivity contribution in [2.75, 3.05) is 26.3 Å². The lowest BCUT2D eigenvalue weighted by atomic mass is 9.98. The number of ether oxygens (including phenoxy) is 1. The predicted octanol–water partition coefficient (Wildman–Crippen LogP) is 2.36. The number of hydrogen-bond donors (Lipinski definition) is 0. The number of aromatic nitrogens is 3. The zero-order valence-electron chi connectivity index (χ0n) is 14.4. The Morgan fingerprint density at radius 1 is 1.19 bits per heavy atom. The summed E-state index contributed by atoms with van der Waals surface area (Å²) in [6, 6.07) is 12.1. The number of pyridine rings is 1. The Morgan fingerprint density at radius 3 is 3.04 bits per heavy atom. The second-order valence-corrected chi connectivity index (χ2v) is 6.56. The van der Waals surface area contributed by atoms with Gasteiger partial charge in [-0.25, -0.2) is 0 Å². The molecule has 0 N–H and O–H groups in total. The van der Waals surface area contributed by atoms with E-state index in [0.29, 0.717) is 31.9 Å². The lowest BCUT2D eigenvalue weighted by Gasteiger charge is -2.23. The molecule has 6 heteroatoms. The molecule has 4 rings (SSSR count). The molecule has 1 aromatic carbocycles. The van der Waals surface area contributed by atoms with Crippen molar-refractivity contribution >= 4 is 16.8 Å². The van der Waals surface area contributed by atoms with Crippen LogP contribution in [0, 0.1) is 5.92 Å². The van der Waals surface area contributed by atoms with E-state index in [-0.39, 0.29) is 11.8 Å². The average molecular weight is 348 g/mol. The standard InChI is InChI=1S/C20H20N4O2/c25-20(18-5-7-22-23-12-18)24-8-9-26-14-16(13-24)10-15-3-4-19-17(11-15)2-1-6-21-19/h1-7,11-12,16H,8-10,13-14H2/t16-/m1/s1. The van der Waals surface area contributed by atoms with Crippen LogP contribution in [0.3, 0.4) is 0 Å². The average Bonchev–Trinajstić information content (AvgIpc) is 2.93. The van der Waals surface area contributed by atoms with Gasteiger partial charge < -0.3 is 9.64 Å². The van der Waals surface area contributed by atoms with E-state index in [9.17, 15) is 4.79 Å². The fraction of sp³-hybridized carbons (Fsp3) is 0.300. The van der Waals surface area contributed by atoms with Crippen molar-refractivity contribution in [1.82, 2.24) is 20.1 Å². The van der Waals surface area contributed by atoms with Crippen LogP contribution in [0.1, 0.15) is 15.9 Å². The number of benzene rings is 1. The third kappa shape index (κ3) is 3.70. The second kappa shape index (κ2) is 7.58. The molecule has 0 bridgehead atoms. The molecule has 1 aliphatic rings. The Labute approximate surface area is 151 Å². The van der Waals surface area contributed by atoms with Gasteiger partial charge in [-0.05, 0) is 36.2 Å². The van der Waals surface area contributed by atoms with Crippen LogP contribution in [0.2, 0.25) is 0 Å². The van der Waals surface area contributed by atoms with E-state index < -0.39 is 0 Å². The highest BCUT2D eigenvalue weighted by molar-refractivity contribution is 5.93. The van der Waals surface area contributed by atoms with Crippen LogP contribution in [-0.4, -0.2) is 52.3 Å². The molecule has 1 atom stereocenters. The van der Waals surface area contributed by atoms with E-state index in [1.165, 1.54) is 11.8 Å². The van der Waals surface area contributed by atoms with E-state index in [4.69, 9.17) is 4.74 Å². The molecule has 1 aliphatic heterocycles. The van der Waals surface area contributed by atoms with Gasteiger partial charge in [0.05, 0.1) is 36.7 Å². The maximum atomic E-state index is 12.7. The third-order valence-electron chi connectivity index (χ3n) is 4.65. The normalized spacial score (nSPS) is 17.8. The molecular formula is C20H20N4O2. The summed E-state index contributed by atoms with van der Waals surface area (Å²) in [6.07, 6.45) is 5.73. The Morgan fingerprint density at radius 2 is 2.15 bits per heavy atom. The van der Waals surface area contributed by atoms with Crippen LogP contribution < -0.4 is 0 Å². The van der Waals surface area contributed by atoms with E-state index in [1.54, 1.807) is 18.5 Å². The number of hydrogen-bond acceptors (Lipinski definition) is 5. The summed E-state index contributed by atoms with van der Waals surface area (Å²) in [5, 5.41) is 8.68. The monoisotopic (exact) mass is 348 g/mol. The topological polar surface area (TPSA) is 68.2 Å². The number of nitrogens with zero attached hydrogens (tertiary/aromatic N) is 4. The van der Waals surface area contributed by atoms with Crippen molar-refractivity contribution in [3.8, 4) is 0 Å². The van der Waals surface area contributed by atoms with Gasteiger partial charge in [0.2, 0.25) is 0 Å². The molecule has 1 amide bonds. The number of fused-ring (bicyclic) bond motifs is 1. The minimum absolute atomic E-state index is 0.0156. The van der Waals surface area contributed by atoms with E-state index in [2.05, 4.69) is 33.4 Å². The van der Waals surface area contributed by atoms with Crippen molar-refractivity contribution in [1.29, 1.82) is 0 Å². The van der Waals surface area contributed by atoms with Gasteiger partial charge in [0.25, 0.3) is 5.91 Å². The molecule has 6 nitrogen and oxygen atoms in total. The molecule has 1 fully saturated rings. The van der Waals surface area contributed by atoms with Gasteiger partial charge in [0.15, 0.2) is 0 Å². The van der Waals surface area contributed by atoms with Crippen LogP contribution in [0.5, 0.6) is 0 Å². The highest BCUT2D eigenvalue weighted by Crippen LogP contribution is 2.19. The van der Waals surface area contributed by atoms with Crippen molar-refractivity contribution in [2.45, 2.75) is 6.42 Å². The summed E-state index contributed by atoms with van der Waals surface area (Å²) in [7, 11) is 0. The van der Waals surface area contributed by atoms with Gasteiger partial charge in [-0.3, -0.25) is 9.78 Å². The number of rotatable bonds is 3. The third-order valence-corrected chi connectivity index (χ3v) is 4.65. The quantitative estimate of drug-likeness (QED) is 0.727. The number of carbonyl (C=O) groups excluding carboxylic acids is 1. The molecule has 26 heavy (non-hydrogen) atoms. The minimum Gasteiger partial charge on any atom is -0.379 e. The lowest BCUT2D eigenvalue weighted by molar-refractivity contribution is 0.0736. The Bertz CT molecular complexity index is 900. The fourth-order valence-corrected chi connectivity index (χ4v) is 3.37. The van der Waals surface area contributed by atoms with Gasteiger partial charge in [0.1, 0.15) is 0 Å². The highest BCUT2D eigenvalue weighted by atomic mass is 16.5. The second-order valence-electron chi connectivity index (χ2n) is 6.56. The van der Waals surface area contributed by atoms with Gasteiger partial charge in [-0.1, -0.05) is 12.1 Å². The number of amides is 1. The molecule has 1 saturated heterocycles. The summed E-state index contributed by atoms with van der Waals surface area (Å²) in [6.45, 7) is 2.48. The van der Waals surface area contributed by atoms with Gasteiger partial charge in [0, 0.05) is 30.6 Å². The molecule has 3 aromatic rings. The van der Waals surface area contributed by atoms with Gasteiger partial charge >= 0.3 is 0 Å². The van der Waals surface area contributed by atoms with Crippen LogP contribution in [-0.2, 0) is 11.2 Å². The molecule has 0 radical (unpaired) electrons. The summed E-state index contributed by atoms with van der Waals surface area (Å²) in [4.78, 5) is 18.9. The first-order valence-corrected chi connectivity index (χ1v) is 8.77. The maximum Gasteiger partial charge on any atom is 0.255 e. The van der Waals surface area contributed by atoms with Crippen molar-refractivity contribution < 1.29 is 9.53 Å². The summed E-state index contributed by atoms with van der Waals surface area (Å²) < 4.78 is 5.75. The first-order valence-electron chi connectivity index (χ1n) is 8.77. The van der Waals surface area contributed by atoms with Crippen molar-refractivity contribution in [3.05, 3.63) is 66.1 Å². The summed E-state index contributed by atoms with van der Waals surface area (Å²) >= 11 is 0. The zero-order valence-corrected chi connectivity index (χ0v) is 14.4. The number of carbonyl (C=O) groups is 1. The van der Waals surface area contributed by atoms with Crippen molar-refractivity contribution in [2.24, 2.45) is 5.92 Å². The van der Waals surface area contributed by atoms with E-state index in [0.717, 1.165) is 17.3 Å². The van der Waals surface area contributed by atoms with E-state index >= 15 is 0 Å². The SMILES string of the molecule is O=C(c1ccnnc1)N1CCOC[C@H](Cc2ccc3ncccc3c2)C1. The molecule has 0 aliphatic carbocycles. The predicted molar refractivity (Wildman–Crippen MR) is 97.7 cm³/mol. The van der Waals surface area contributed by atoms with Crippen molar-refractivity contribution in [3.63, 3.8) is 0 Å². The highest BCUT2D eigenvalue weighted by Gasteiger charge is 2.24. The first-order chi connectivity index (χ1) is 12.8. The Kier molecular flexibility index (Phi) is 4.84. The van der Waals surface area contributed by atoms with Crippen LogP contribution in [0.15, 0.2) is 55.0 Å². The summed E-state index contributed by atoms with van der Waals surface area (Å²) in [5.74, 6) is 0.239. The molecular weight excluding hydrogens is 328 g/mol. The summed E-state index contributed by atoms with van der Waals surface area (Å²) in [5.41, 5.74) is 2.80. The molecule has 0 spiro atoms. The largest absolute Gasteiger partial charge is 0.379 e. The van der Waals surface area contributed by atoms with Crippen LogP contribution >= 0.6 is 0 Å². The van der Waals surface area contributed by atoms with Gasteiger partial charge in [-0.2, -0.15) is 10.2 Å². The maximum absolute atomic E-state index is 12.7.